The molecule has 1 saturated carbocycles. The lowest BCUT2D eigenvalue weighted by molar-refractivity contribution is 0.0160. The van der Waals surface area contributed by atoms with Crippen LogP contribution in [0.2, 0.25) is 4.34 Å². The summed E-state index contributed by atoms with van der Waals surface area (Å²) in [5.74, 6) is 0. The van der Waals surface area contributed by atoms with E-state index in [2.05, 4.69) is 10.7 Å². The summed E-state index contributed by atoms with van der Waals surface area (Å²) in [6.45, 7) is 2.92. The highest BCUT2D eigenvalue weighted by atomic mass is 35.5. The van der Waals surface area contributed by atoms with Crippen molar-refractivity contribution in [2.24, 2.45) is 5.41 Å². The maximum absolute atomic E-state index is 6.13. The van der Waals surface area contributed by atoms with Crippen molar-refractivity contribution in [2.75, 3.05) is 19.7 Å². The Kier molecular flexibility index (Phi) is 3.44. The van der Waals surface area contributed by atoms with E-state index in [0.29, 0.717) is 5.41 Å². The van der Waals surface area contributed by atoms with Crippen LogP contribution < -0.4 is 5.32 Å². The van der Waals surface area contributed by atoms with Crippen LogP contribution in [-0.2, 0) is 4.74 Å². The van der Waals surface area contributed by atoms with Crippen molar-refractivity contribution in [3.8, 4) is 0 Å². The summed E-state index contributed by atoms with van der Waals surface area (Å²) in [6.07, 6.45) is 5.53. The Morgan fingerprint density at radius 3 is 2.94 bits per heavy atom. The number of halogens is 1. The first-order chi connectivity index (χ1) is 8.27. The fraction of sp³-hybridized carbons (Fsp3) is 0.692. The first-order valence-electron chi connectivity index (χ1n) is 6.34. The van der Waals surface area contributed by atoms with Crippen LogP contribution in [-0.4, -0.2) is 19.7 Å². The van der Waals surface area contributed by atoms with Crippen molar-refractivity contribution in [3.63, 3.8) is 0 Å². The van der Waals surface area contributed by atoms with Gasteiger partial charge in [0.05, 0.1) is 17.0 Å². The molecule has 1 aliphatic carbocycles. The summed E-state index contributed by atoms with van der Waals surface area (Å²) in [6, 6.07) is 2.03. The van der Waals surface area contributed by atoms with Crippen LogP contribution in [0.5, 0.6) is 0 Å². The van der Waals surface area contributed by atoms with E-state index in [1.54, 1.807) is 11.3 Å². The number of thiophene rings is 1. The van der Waals surface area contributed by atoms with E-state index in [-0.39, 0.29) is 6.10 Å². The van der Waals surface area contributed by atoms with Gasteiger partial charge in [-0.3, -0.25) is 0 Å². The van der Waals surface area contributed by atoms with E-state index in [0.717, 1.165) is 24.0 Å². The second-order valence-electron chi connectivity index (χ2n) is 5.32. The molecule has 1 aromatic rings. The van der Waals surface area contributed by atoms with E-state index >= 15 is 0 Å². The lowest BCUT2D eigenvalue weighted by atomic mass is 9.87. The van der Waals surface area contributed by atoms with Crippen LogP contribution in [0.1, 0.15) is 37.4 Å². The van der Waals surface area contributed by atoms with Gasteiger partial charge in [0.2, 0.25) is 0 Å². The minimum absolute atomic E-state index is 0.179. The molecule has 0 bridgehead atoms. The first kappa shape index (κ1) is 12.0. The highest BCUT2D eigenvalue weighted by molar-refractivity contribution is 7.14. The molecule has 0 amide bonds. The monoisotopic (exact) mass is 271 g/mol. The summed E-state index contributed by atoms with van der Waals surface area (Å²) >= 11 is 7.57. The SMILES string of the molecule is Clc1cc(C2CNCC3(CCCC3)CO2)cs1. The maximum atomic E-state index is 6.13. The standard InChI is InChI=1S/C13H18ClNOS/c14-12-5-10(7-17-12)11-6-15-8-13(9-16-11)3-1-2-4-13/h5,7,11,15H,1-4,6,8-9H2. The molecular formula is C13H18ClNOS. The van der Waals surface area contributed by atoms with Crippen molar-refractivity contribution < 1.29 is 4.74 Å². The molecule has 0 aromatic carbocycles. The van der Waals surface area contributed by atoms with Gasteiger partial charge in [0, 0.05) is 18.5 Å². The smallest absolute Gasteiger partial charge is 0.0958 e. The van der Waals surface area contributed by atoms with Crippen molar-refractivity contribution >= 4 is 22.9 Å². The molecule has 1 N–H and O–H groups in total. The van der Waals surface area contributed by atoms with E-state index in [1.807, 2.05) is 6.07 Å². The zero-order chi connectivity index (χ0) is 11.7. The van der Waals surface area contributed by atoms with Gasteiger partial charge in [-0.15, -0.1) is 11.3 Å². The lowest BCUT2D eigenvalue weighted by Crippen LogP contribution is -2.32. The van der Waals surface area contributed by atoms with E-state index in [4.69, 9.17) is 16.3 Å². The van der Waals surface area contributed by atoms with E-state index < -0.39 is 0 Å². The molecular weight excluding hydrogens is 254 g/mol. The molecule has 2 nitrogen and oxygen atoms in total. The molecule has 1 aromatic heterocycles. The molecule has 17 heavy (non-hydrogen) atoms. The van der Waals surface area contributed by atoms with Crippen molar-refractivity contribution in [1.29, 1.82) is 0 Å². The molecule has 2 fully saturated rings. The highest BCUT2D eigenvalue weighted by Crippen LogP contribution is 2.40. The predicted molar refractivity (Wildman–Crippen MR) is 71.8 cm³/mol. The van der Waals surface area contributed by atoms with Gasteiger partial charge in [-0.25, -0.2) is 0 Å². The van der Waals surface area contributed by atoms with Gasteiger partial charge in [-0.1, -0.05) is 24.4 Å². The van der Waals surface area contributed by atoms with Crippen molar-refractivity contribution in [1.82, 2.24) is 5.32 Å². The Hall–Kier alpha value is -0.0900. The lowest BCUT2D eigenvalue weighted by Gasteiger charge is -2.26. The Balaban J connectivity index is 1.69. The summed E-state index contributed by atoms with van der Waals surface area (Å²) < 4.78 is 6.98. The van der Waals surface area contributed by atoms with Gasteiger partial charge in [0.1, 0.15) is 0 Å². The molecule has 1 unspecified atom stereocenters. The van der Waals surface area contributed by atoms with Gasteiger partial charge >= 0.3 is 0 Å². The molecule has 2 heterocycles. The zero-order valence-corrected chi connectivity index (χ0v) is 11.4. The summed E-state index contributed by atoms with van der Waals surface area (Å²) in [4.78, 5) is 0. The van der Waals surface area contributed by atoms with Gasteiger partial charge in [-0.2, -0.15) is 0 Å². The summed E-state index contributed by atoms with van der Waals surface area (Å²) in [7, 11) is 0. The molecule has 1 aliphatic heterocycles. The minimum Gasteiger partial charge on any atom is -0.372 e. The topological polar surface area (TPSA) is 21.3 Å². The third kappa shape index (κ3) is 2.53. The normalized spacial score (nSPS) is 28.4. The van der Waals surface area contributed by atoms with Gasteiger partial charge in [-0.05, 0) is 29.9 Å². The van der Waals surface area contributed by atoms with Crippen LogP contribution in [0.25, 0.3) is 0 Å². The van der Waals surface area contributed by atoms with Crippen LogP contribution >= 0.6 is 22.9 Å². The minimum atomic E-state index is 0.179. The van der Waals surface area contributed by atoms with Crippen molar-refractivity contribution in [3.05, 3.63) is 21.3 Å². The molecule has 2 aliphatic rings. The molecule has 94 valence electrons. The Morgan fingerprint density at radius 1 is 1.41 bits per heavy atom. The number of hydrogen-bond donors (Lipinski definition) is 1. The number of nitrogens with one attached hydrogen (secondary N) is 1. The van der Waals surface area contributed by atoms with Crippen LogP contribution in [0, 0.1) is 5.41 Å². The second-order valence-corrected chi connectivity index (χ2v) is 6.86. The molecule has 1 atom stereocenters. The number of hydrogen-bond acceptors (Lipinski definition) is 3. The maximum Gasteiger partial charge on any atom is 0.0958 e. The van der Waals surface area contributed by atoms with Crippen molar-refractivity contribution in [2.45, 2.75) is 31.8 Å². The Morgan fingerprint density at radius 2 is 2.24 bits per heavy atom. The van der Waals surface area contributed by atoms with E-state index in [1.165, 1.54) is 31.2 Å². The van der Waals surface area contributed by atoms with Gasteiger partial charge in [0.15, 0.2) is 0 Å². The molecule has 0 radical (unpaired) electrons. The van der Waals surface area contributed by atoms with Gasteiger partial charge < -0.3 is 10.1 Å². The number of ether oxygens (including phenoxy) is 1. The van der Waals surface area contributed by atoms with E-state index in [9.17, 15) is 0 Å². The molecule has 3 rings (SSSR count). The molecule has 1 saturated heterocycles. The summed E-state index contributed by atoms with van der Waals surface area (Å²) in [5.41, 5.74) is 1.64. The zero-order valence-electron chi connectivity index (χ0n) is 9.88. The fourth-order valence-electron chi connectivity index (χ4n) is 3.01. The largest absolute Gasteiger partial charge is 0.372 e. The fourth-order valence-corrected chi connectivity index (χ4v) is 3.94. The van der Waals surface area contributed by atoms with Crippen LogP contribution in [0.4, 0.5) is 0 Å². The highest BCUT2D eigenvalue weighted by Gasteiger charge is 2.36. The average Bonchev–Trinajstić information content (AvgIpc) is 2.87. The third-order valence-corrected chi connectivity index (χ3v) is 5.15. The molecule has 1 spiro atoms. The molecule has 4 heteroatoms. The summed E-state index contributed by atoms with van der Waals surface area (Å²) in [5, 5.41) is 5.69. The van der Waals surface area contributed by atoms with Gasteiger partial charge in [0.25, 0.3) is 0 Å². The quantitative estimate of drug-likeness (QED) is 0.842. The van der Waals surface area contributed by atoms with Crippen LogP contribution in [0.15, 0.2) is 11.4 Å². The Bertz CT molecular complexity index is 387. The number of rotatable bonds is 1. The predicted octanol–water partition coefficient (Wildman–Crippen LogP) is 3.62. The first-order valence-corrected chi connectivity index (χ1v) is 7.60. The van der Waals surface area contributed by atoms with Crippen LogP contribution in [0.3, 0.4) is 0 Å². The Labute approximate surface area is 111 Å². The average molecular weight is 272 g/mol. The second kappa shape index (κ2) is 4.88. The third-order valence-electron chi connectivity index (χ3n) is 4.04.